The molecule has 0 bridgehead atoms. The minimum Gasteiger partial charge on any atom is -0.341 e. The van der Waals surface area contributed by atoms with Gasteiger partial charge in [-0.05, 0) is 38.1 Å². The van der Waals surface area contributed by atoms with Gasteiger partial charge in [-0.1, -0.05) is 24.6 Å². The Balaban J connectivity index is 2.28. The maximum Gasteiger partial charge on any atom is 0.180 e. The van der Waals surface area contributed by atoms with Crippen LogP contribution in [0.3, 0.4) is 0 Å². The van der Waals surface area contributed by atoms with Crippen LogP contribution >= 0.6 is 0 Å². The van der Waals surface area contributed by atoms with Gasteiger partial charge in [0.15, 0.2) is 5.78 Å². The van der Waals surface area contributed by atoms with E-state index in [4.69, 9.17) is 0 Å². The van der Waals surface area contributed by atoms with Gasteiger partial charge >= 0.3 is 0 Å². The van der Waals surface area contributed by atoms with E-state index < -0.39 is 0 Å². The van der Waals surface area contributed by atoms with Gasteiger partial charge < -0.3 is 4.90 Å². The monoisotopic (exact) mass is 268 g/mol. The molecule has 0 radical (unpaired) electrons. The molecule has 0 amide bonds. The lowest BCUT2D eigenvalue weighted by atomic mass is 10.2. The zero-order valence-electron chi connectivity index (χ0n) is 12.3. The van der Waals surface area contributed by atoms with Gasteiger partial charge in [0.25, 0.3) is 0 Å². The number of ketones is 1. The van der Waals surface area contributed by atoms with Crippen molar-refractivity contribution in [3.63, 3.8) is 0 Å². The molecule has 1 aromatic carbocycles. The zero-order chi connectivity index (χ0) is 14.5. The average molecular weight is 268 g/mol. The second-order valence-corrected chi connectivity index (χ2v) is 4.76. The van der Waals surface area contributed by atoms with Crippen molar-refractivity contribution in [2.24, 2.45) is 0 Å². The summed E-state index contributed by atoms with van der Waals surface area (Å²) in [4.78, 5) is 18.0. The highest BCUT2D eigenvalue weighted by molar-refractivity contribution is 5.94. The number of Topliss-reactive ketones (excluding diaryl/α,β-unsaturated/α-hetero) is 1. The molecule has 0 aliphatic carbocycles. The second-order valence-electron chi connectivity index (χ2n) is 4.76. The van der Waals surface area contributed by atoms with E-state index in [1.807, 2.05) is 13.0 Å². The summed E-state index contributed by atoms with van der Waals surface area (Å²) in [6.07, 6.45) is 2.26. The number of anilines is 2. The van der Waals surface area contributed by atoms with Gasteiger partial charge in [-0.15, -0.1) is 0 Å². The molecule has 0 fully saturated rings. The maximum atomic E-state index is 11.6. The first-order valence-corrected chi connectivity index (χ1v) is 6.99. The first-order valence-electron chi connectivity index (χ1n) is 6.99. The van der Waals surface area contributed by atoms with Crippen molar-refractivity contribution in [2.75, 3.05) is 11.4 Å². The summed E-state index contributed by atoms with van der Waals surface area (Å²) in [5.41, 5.74) is 3.92. The number of hydrogen-bond donors (Lipinski definition) is 0. The second kappa shape index (κ2) is 6.33. The maximum absolute atomic E-state index is 11.6. The fraction of sp³-hybridized carbons (Fsp3) is 0.294. The molecule has 2 aromatic rings. The number of carbonyl (C=O) groups is 1. The highest BCUT2D eigenvalue weighted by atomic mass is 16.1. The van der Waals surface area contributed by atoms with Crippen LogP contribution in [0.5, 0.6) is 0 Å². The number of hydrogen-bond acceptors (Lipinski definition) is 3. The summed E-state index contributed by atoms with van der Waals surface area (Å²) in [6.45, 7) is 6.88. The molecule has 104 valence electrons. The van der Waals surface area contributed by atoms with Crippen molar-refractivity contribution in [1.29, 1.82) is 0 Å². The Bertz CT molecular complexity index is 573. The summed E-state index contributed by atoms with van der Waals surface area (Å²) in [5, 5.41) is 0. The lowest BCUT2D eigenvalue weighted by molar-refractivity contribution is 0.0983. The molecule has 1 heterocycles. The Kier molecular flexibility index (Phi) is 4.51. The minimum absolute atomic E-state index is 0.0786. The Morgan fingerprint density at radius 1 is 1.05 bits per heavy atom. The van der Waals surface area contributed by atoms with Crippen LogP contribution in [0.15, 0.2) is 42.6 Å². The number of aryl methyl sites for hydroxylation is 1. The molecule has 0 saturated carbocycles. The van der Waals surface area contributed by atoms with Gasteiger partial charge in [0.05, 0.1) is 11.9 Å². The van der Waals surface area contributed by atoms with E-state index in [1.54, 1.807) is 12.3 Å². The molecule has 0 aliphatic heterocycles. The van der Waals surface area contributed by atoms with Crippen molar-refractivity contribution in [1.82, 2.24) is 4.98 Å². The summed E-state index contributed by atoms with van der Waals surface area (Å²) in [5.74, 6) is 0.0786. The van der Waals surface area contributed by atoms with Crippen LogP contribution in [0, 0.1) is 6.92 Å². The molecule has 0 saturated heterocycles. The predicted molar refractivity (Wildman–Crippen MR) is 82.7 cm³/mol. The van der Waals surface area contributed by atoms with Crippen molar-refractivity contribution >= 4 is 17.2 Å². The highest BCUT2D eigenvalue weighted by Crippen LogP contribution is 2.24. The molecule has 20 heavy (non-hydrogen) atoms. The summed E-state index contributed by atoms with van der Waals surface area (Å²) in [7, 11) is 0. The number of aromatic nitrogens is 1. The average Bonchev–Trinajstić information content (AvgIpc) is 2.50. The third-order valence-corrected chi connectivity index (χ3v) is 3.33. The summed E-state index contributed by atoms with van der Waals surface area (Å²) in [6, 6.07) is 12.2. The molecule has 0 spiro atoms. The lowest BCUT2D eigenvalue weighted by Crippen LogP contribution is -2.16. The molecule has 0 N–H and O–H groups in total. The van der Waals surface area contributed by atoms with E-state index in [0.717, 1.165) is 17.9 Å². The lowest BCUT2D eigenvalue weighted by Gasteiger charge is -2.23. The number of rotatable bonds is 5. The quantitative estimate of drug-likeness (QED) is 0.764. The van der Waals surface area contributed by atoms with E-state index in [0.29, 0.717) is 12.1 Å². The van der Waals surface area contributed by atoms with Gasteiger partial charge in [-0.2, -0.15) is 0 Å². The Morgan fingerprint density at radius 3 is 2.20 bits per heavy atom. The number of pyridine rings is 1. The smallest absolute Gasteiger partial charge is 0.180 e. The topological polar surface area (TPSA) is 33.2 Å². The van der Waals surface area contributed by atoms with Crippen molar-refractivity contribution in [2.45, 2.75) is 27.2 Å². The summed E-state index contributed by atoms with van der Waals surface area (Å²) >= 11 is 0. The first kappa shape index (κ1) is 14.3. The molecular weight excluding hydrogens is 248 g/mol. The van der Waals surface area contributed by atoms with Crippen LogP contribution in [0.25, 0.3) is 0 Å². The van der Waals surface area contributed by atoms with Crippen LogP contribution in [0.2, 0.25) is 0 Å². The zero-order valence-corrected chi connectivity index (χ0v) is 12.3. The van der Waals surface area contributed by atoms with Crippen LogP contribution in [-0.4, -0.2) is 17.3 Å². The van der Waals surface area contributed by atoms with Crippen molar-refractivity contribution in [3.05, 3.63) is 53.9 Å². The van der Waals surface area contributed by atoms with E-state index in [2.05, 4.69) is 48.0 Å². The Morgan fingerprint density at radius 2 is 1.70 bits per heavy atom. The molecule has 1 aromatic heterocycles. The van der Waals surface area contributed by atoms with E-state index in [1.165, 1.54) is 5.56 Å². The molecule has 0 aliphatic rings. The number of benzene rings is 1. The van der Waals surface area contributed by atoms with Crippen molar-refractivity contribution < 1.29 is 4.79 Å². The number of nitrogens with zero attached hydrogens (tertiary/aromatic N) is 2. The molecule has 3 nitrogen and oxygen atoms in total. The molecule has 0 atom stereocenters. The van der Waals surface area contributed by atoms with Gasteiger partial charge in [0.1, 0.15) is 5.69 Å². The molecule has 2 rings (SSSR count). The van der Waals surface area contributed by atoms with Gasteiger partial charge in [-0.25, -0.2) is 0 Å². The fourth-order valence-corrected chi connectivity index (χ4v) is 2.13. The molecule has 3 heteroatoms. The third-order valence-electron chi connectivity index (χ3n) is 3.33. The van der Waals surface area contributed by atoms with Crippen LogP contribution < -0.4 is 4.90 Å². The standard InChI is InChI=1S/C17H20N2O/c1-4-17(20)16-11-10-15(12-18-16)19(5-2)14-8-6-13(3)7-9-14/h6-12H,4-5H2,1-3H3. The SMILES string of the molecule is CCC(=O)c1ccc(N(CC)c2ccc(C)cc2)cn1. The molecule has 0 unspecified atom stereocenters. The molecular formula is C17H20N2O. The van der Waals surface area contributed by atoms with Crippen LogP contribution in [-0.2, 0) is 0 Å². The fourth-order valence-electron chi connectivity index (χ4n) is 2.13. The van der Waals surface area contributed by atoms with Crippen LogP contribution in [0.1, 0.15) is 36.3 Å². The van der Waals surface area contributed by atoms with E-state index >= 15 is 0 Å². The number of carbonyl (C=O) groups excluding carboxylic acids is 1. The Labute approximate surface area is 120 Å². The minimum atomic E-state index is 0.0786. The summed E-state index contributed by atoms with van der Waals surface area (Å²) < 4.78 is 0. The third kappa shape index (κ3) is 3.05. The van der Waals surface area contributed by atoms with Crippen LogP contribution in [0.4, 0.5) is 11.4 Å². The predicted octanol–water partition coefficient (Wildman–Crippen LogP) is 4.14. The van der Waals surface area contributed by atoms with Gasteiger partial charge in [0, 0.05) is 18.7 Å². The van der Waals surface area contributed by atoms with Gasteiger partial charge in [-0.3, -0.25) is 9.78 Å². The first-order chi connectivity index (χ1) is 9.65. The normalized spacial score (nSPS) is 10.3. The highest BCUT2D eigenvalue weighted by Gasteiger charge is 2.09. The largest absolute Gasteiger partial charge is 0.341 e. The van der Waals surface area contributed by atoms with E-state index in [9.17, 15) is 4.79 Å². The van der Waals surface area contributed by atoms with E-state index in [-0.39, 0.29) is 5.78 Å². The van der Waals surface area contributed by atoms with Gasteiger partial charge in [0.2, 0.25) is 0 Å². The van der Waals surface area contributed by atoms with Crippen molar-refractivity contribution in [3.8, 4) is 0 Å². The Hall–Kier alpha value is -2.16.